The van der Waals surface area contributed by atoms with Gasteiger partial charge in [0.05, 0.1) is 6.42 Å². The summed E-state index contributed by atoms with van der Waals surface area (Å²) in [7, 11) is 0. The number of hydrogen-bond donors (Lipinski definition) is 1. The van der Waals surface area contributed by atoms with Crippen LogP contribution >= 0.6 is 0 Å². The topological polar surface area (TPSA) is 12.0 Å². The minimum absolute atomic E-state index is 0.00926. The first-order valence-corrected chi connectivity index (χ1v) is 3.57. The van der Waals surface area contributed by atoms with Crippen LogP contribution < -0.4 is 5.32 Å². The lowest BCUT2D eigenvalue weighted by Gasteiger charge is -2.16. The molecule has 0 fully saturated rings. The Bertz CT molecular complexity index is 160. The normalized spacial score (nSPS) is 17.2. The monoisotopic (exact) mass is 165 g/mol. The second-order valence-corrected chi connectivity index (χ2v) is 2.56. The summed E-state index contributed by atoms with van der Waals surface area (Å²) in [4.78, 5) is 0. The van der Waals surface area contributed by atoms with Gasteiger partial charge >= 0.3 is 6.18 Å². The van der Waals surface area contributed by atoms with Crippen LogP contribution in [0.1, 0.15) is 19.3 Å². The lowest BCUT2D eigenvalue weighted by molar-refractivity contribution is -0.133. The van der Waals surface area contributed by atoms with Gasteiger partial charge in [0.2, 0.25) is 0 Å². The van der Waals surface area contributed by atoms with Gasteiger partial charge in [0.15, 0.2) is 0 Å². The van der Waals surface area contributed by atoms with Crippen LogP contribution in [-0.2, 0) is 0 Å². The molecule has 0 aromatic rings. The predicted molar refractivity (Wildman–Crippen MR) is 36.0 cm³/mol. The maximum Gasteiger partial charge on any atom is 0.390 e. The van der Waals surface area contributed by atoms with E-state index in [1.165, 1.54) is 0 Å². The van der Waals surface area contributed by atoms with E-state index in [4.69, 9.17) is 0 Å². The summed E-state index contributed by atoms with van der Waals surface area (Å²) in [6.45, 7) is 0.00926. The van der Waals surface area contributed by atoms with Crippen molar-refractivity contribution in [2.24, 2.45) is 0 Å². The average Bonchev–Trinajstić information content (AvgIpc) is 1.73. The van der Waals surface area contributed by atoms with Crippen LogP contribution in [0.3, 0.4) is 0 Å². The standard InChI is InChI=1S/C7H10F3N/c8-7(9,10)4-5-11-6-2-1-3-6/h2,11H,1,3-5H2. The second-order valence-electron chi connectivity index (χ2n) is 2.56. The molecule has 1 rings (SSSR count). The van der Waals surface area contributed by atoms with E-state index in [0.29, 0.717) is 0 Å². The first-order chi connectivity index (χ1) is 5.08. The molecule has 0 aromatic carbocycles. The third-order valence-corrected chi connectivity index (χ3v) is 1.56. The third-order valence-electron chi connectivity index (χ3n) is 1.56. The van der Waals surface area contributed by atoms with Gasteiger partial charge in [0, 0.05) is 12.2 Å². The fraction of sp³-hybridized carbons (Fsp3) is 0.714. The minimum Gasteiger partial charge on any atom is -0.388 e. The van der Waals surface area contributed by atoms with Gasteiger partial charge in [-0.15, -0.1) is 0 Å². The Kier molecular flexibility index (Phi) is 2.42. The van der Waals surface area contributed by atoms with Gasteiger partial charge in [-0.3, -0.25) is 0 Å². The average molecular weight is 165 g/mol. The smallest absolute Gasteiger partial charge is 0.388 e. The van der Waals surface area contributed by atoms with Gasteiger partial charge < -0.3 is 5.32 Å². The van der Waals surface area contributed by atoms with Crippen molar-refractivity contribution in [2.45, 2.75) is 25.4 Å². The molecule has 11 heavy (non-hydrogen) atoms. The molecule has 0 saturated heterocycles. The van der Waals surface area contributed by atoms with Crippen LogP contribution in [0.2, 0.25) is 0 Å². The molecule has 64 valence electrons. The zero-order valence-corrected chi connectivity index (χ0v) is 6.04. The molecule has 4 heteroatoms. The molecule has 0 atom stereocenters. The molecule has 0 heterocycles. The molecule has 1 aliphatic rings. The van der Waals surface area contributed by atoms with Crippen molar-refractivity contribution in [1.82, 2.24) is 5.32 Å². The maximum atomic E-state index is 11.6. The van der Waals surface area contributed by atoms with Crippen molar-refractivity contribution in [3.05, 3.63) is 11.8 Å². The van der Waals surface area contributed by atoms with Crippen molar-refractivity contribution < 1.29 is 13.2 Å². The molecule has 1 N–H and O–H groups in total. The van der Waals surface area contributed by atoms with Crippen molar-refractivity contribution in [3.63, 3.8) is 0 Å². The van der Waals surface area contributed by atoms with Crippen LogP contribution in [-0.4, -0.2) is 12.7 Å². The highest BCUT2D eigenvalue weighted by molar-refractivity contribution is 5.09. The number of halogens is 3. The number of allylic oxidation sites excluding steroid dienone is 2. The Morgan fingerprint density at radius 3 is 2.45 bits per heavy atom. The summed E-state index contributed by atoms with van der Waals surface area (Å²) in [6.07, 6.45) is -0.968. The summed E-state index contributed by atoms with van der Waals surface area (Å²) >= 11 is 0. The summed E-state index contributed by atoms with van der Waals surface area (Å²) in [5.41, 5.74) is 0.953. The molecule has 0 saturated carbocycles. The van der Waals surface area contributed by atoms with Gasteiger partial charge in [-0.1, -0.05) is 6.08 Å². The molecule has 0 bridgehead atoms. The van der Waals surface area contributed by atoms with Gasteiger partial charge in [0.1, 0.15) is 0 Å². The molecule has 0 radical (unpaired) electrons. The Morgan fingerprint density at radius 1 is 1.45 bits per heavy atom. The van der Waals surface area contributed by atoms with Gasteiger partial charge in [-0.2, -0.15) is 13.2 Å². The fourth-order valence-electron chi connectivity index (χ4n) is 0.814. The molecule has 0 spiro atoms. The first-order valence-electron chi connectivity index (χ1n) is 3.57. The molecule has 1 nitrogen and oxygen atoms in total. The number of hydrogen-bond acceptors (Lipinski definition) is 1. The van der Waals surface area contributed by atoms with Gasteiger partial charge in [-0.05, 0) is 12.8 Å². The van der Waals surface area contributed by atoms with E-state index in [2.05, 4.69) is 5.32 Å². The summed E-state index contributed by atoms with van der Waals surface area (Å²) in [6, 6.07) is 0. The zero-order valence-electron chi connectivity index (χ0n) is 6.04. The molecule has 1 aliphatic carbocycles. The van der Waals surface area contributed by atoms with E-state index in [0.717, 1.165) is 18.5 Å². The lowest BCUT2D eigenvalue weighted by Crippen LogP contribution is -2.23. The van der Waals surface area contributed by atoms with E-state index in [1.807, 2.05) is 6.08 Å². The number of alkyl halides is 3. The van der Waals surface area contributed by atoms with Crippen LogP contribution in [0.15, 0.2) is 11.8 Å². The Hall–Kier alpha value is -0.670. The highest BCUT2D eigenvalue weighted by atomic mass is 19.4. The molecule has 0 aliphatic heterocycles. The number of nitrogens with one attached hydrogen (secondary N) is 1. The van der Waals surface area contributed by atoms with Gasteiger partial charge in [0.25, 0.3) is 0 Å². The molecular weight excluding hydrogens is 155 g/mol. The first kappa shape index (κ1) is 8.43. The van der Waals surface area contributed by atoms with Crippen molar-refractivity contribution in [2.75, 3.05) is 6.54 Å². The Labute approximate surface area is 63.3 Å². The molecule has 0 amide bonds. The molecule has 0 unspecified atom stereocenters. The van der Waals surface area contributed by atoms with E-state index in [1.54, 1.807) is 0 Å². The lowest BCUT2D eigenvalue weighted by atomic mass is 10.1. The maximum absolute atomic E-state index is 11.6. The van der Waals surface area contributed by atoms with Crippen molar-refractivity contribution in [1.29, 1.82) is 0 Å². The van der Waals surface area contributed by atoms with Crippen LogP contribution in [0.4, 0.5) is 13.2 Å². The Morgan fingerprint density at radius 2 is 2.09 bits per heavy atom. The third kappa shape index (κ3) is 3.30. The minimum atomic E-state index is -4.03. The van der Waals surface area contributed by atoms with Gasteiger partial charge in [-0.25, -0.2) is 0 Å². The zero-order chi connectivity index (χ0) is 8.32. The van der Waals surface area contributed by atoms with E-state index < -0.39 is 12.6 Å². The quantitative estimate of drug-likeness (QED) is 0.676. The predicted octanol–water partition coefficient (Wildman–Crippen LogP) is 2.21. The summed E-state index contributed by atoms with van der Waals surface area (Å²) < 4.78 is 34.7. The van der Waals surface area contributed by atoms with E-state index in [9.17, 15) is 13.2 Å². The van der Waals surface area contributed by atoms with Crippen LogP contribution in [0, 0.1) is 0 Å². The summed E-state index contributed by atoms with van der Waals surface area (Å²) in [5, 5.41) is 2.72. The molecular formula is C7H10F3N. The second kappa shape index (κ2) is 3.15. The Balaban J connectivity index is 2.04. The highest BCUT2D eigenvalue weighted by Crippen LogP contribution is 2.20. The van der Waals surface area contributed by atoms with E-state index in [-0.39, 0.29) is 6.54 Å². The van der Waals surface area contributed by atoms with Crippen molar-refractivity contribution in [3.8, 4) is 0 Å². The van der Waals surface area contributed by atoms with Crippen molar-refractivity contribution >= 4 is 0 Å². The highest BCUT2D eigenvalue weighted by Gasteiger charge is 2.26. The largest absolute Gasteiger partial charge is 0.390 e. The van der Waals surface area contributed by atoms with E-state index >= 15 is 0 Å². The fourth-order valence-corrected chi connectivity index (χ4v) is 0.814. The van der Waals surface area contributed by atoms with Crippen LogP contribution in [0.25, 0.3) is 0 Å². The SMILES string of the molecule is FC(F)(F)CCNC1=CCC1. The summed E-state index contributed by atoms with van der Waals surface area (Å²) in [5.74, 6) is 0. The van der Waals surface area contributed by atoms with Crippen LogP contribution in [0.5, 0.6) is 0 Å². The molecule has 0 aromatic heterocycles. The number of rotatable bonds is 3.